The molecule has 2 rings (SSSR count). The maximum Gasteiger partial charge on any atom is 0.466 e. The van der Waals surface area contributed by atoms with Gasteiger partial charge in [0.1, 0.15) is 0 Å². The van der Waals surface area contributed by atoms with Crippen LogP contribution in [0.2, 0.25) is 0 Å². The van der Waals surface area contributed by atoms with Gasteiger partial charge in [0.05, 0.1) is 12.7 Å². The number of hydrogen-bond acceptors (Lipinski definition) is 6. The topological polar surface area (TPSA) is 265 Å². The Kier molecular flexibility index (Phi) is 15.1. The van der Waals surface area contributed by atoms with Crippen LogP contribution in [-0.4, -0.2) is 62.4 Å². The molecule has 0 spiro atoms. The number of hydrogen-bond donors (Lipinski definition) is 10. The van der Waals surface area contributed by atoms with Gasteiger partial charge in [-0.3, -0.25) is 0 Å². The molecule has 0 aromatic carbocycles. The second kappa shape index (κ2) is 14.7. The van der Waals surface area contributed by atoms with E-state index < -0.39 is 15.6 Å². The Morgan fingerprint density at radius 2 is 1.04 bits per heavy atom. The fourth-order valence-corrected chi connectivity index (χ4v) is 1.15. The van der Waals surface area contributed by atoms with Crippen LogP contribution in [0.5, 0.6) is 0 Å². The summed E-state index contributed by atoms with van der Waals surface area (Å²) in [7, 11) is -9.28. The minimum absolute atomic E-state index is 0.683. The number of nitrogens with one attached hydrogen (secondary N) is 2. The van der Waals surface area contributed by atoms with E-state index in [0.29, 0.717) is 13.1 Å². The summed E-state index contributed by atoms with van der Waals surface area (Å²) in [4.78, 5) is 56.7. The summed E-state index contributed by atoms with van der Waals surface area (Å²) in [5.41, 5.74) is 12.8. The molecule has 12 N–H and O–H groups in total. The molecule has 14 nitrogen and oxygen atoms in total. The molecular weight excluding hydrogens is 394 g/mol. The Bertz CT molecular complexity index is 553. The predicted molar refractivity (Wildman–Crippen MR) is 91.2 cm³/mol. The summed E-state index contributed by atoms with van der Waals surface area (Å²) in [6.45, 7) is 1.37. The molecule has 0 aliphatic rings. The molecule has 0 aliphatic heterocycles. The van der Waals surface area contributed by atoms with Gasteiger partial charge < -0.3 is 50.8 Å². The van der Waals surface area contributed by atoms with Crippen molar-refractivity contribution in [3.63, 3.8) is 0 Å². The monoisotopic (exact) mass is 418 g/mol. The van der Waals surface area contributed by atoms with Crippen molar-refractivity contribution in [3.8, 4) is 0 Å². The molecule has 0 atom stereocenters. The Morgan fingerprint density at radius 1 is 0.769 bits per heavy atom. The Morgan fingerprint density at radius 3 is 1.19 bits per heavy atom. The van der Waals surface area contributed by atoms with E-state index >= 15 is 0 Å². The van der Waals surface area contributed by atoms with Gasteiger partial charge in [0, 0.05) is 36.6 Å². The zero-order valence-electron chi connectivity index (χ0n) is 13.6. The zero-order valence-corrected chi connectivity index (χ0v) is 15.4. The molecule has 16 heteroatoms. The third-order valence-electron chi connectivity index (χ3n) is 1.94. The van der Waals surface area contributed by atoms with Crippen LogP contribution in [0.1, 0.15) is 11.4 Å². The summed E-state index contributed by atoms with van der Waals surface area (Å²) in [5.74, 6) is 0. The largest absolute Gasteiger partial charge is 0.466 e. The highest BCUT2D eigenvalue weighted by Crippen LogP contribution is 2.26. The van der Waals surface area contributed by atoms with Crippen LogP contribution in [0, 0.1) is 0 Å². The van der Waals surface area contributed by atoms with Crippen LogP contribution in [0.25, 0.3) is 0 Å². The predicted octanol–water partition coefficient (Wildman–Crippen LogP) is -2.04. The number of rotatable bonds is 4. The van der Waals surface area contributed by atoms with Gasteiger partial charge in [0.25, 0.3) is 0 Å². The van der Waals surface area contributed by atoms with Crippen molar-refractivity contribution in [1.82, 2.24) is 19.9 Å². The third kappa shape index (κ3) is 30.4. The molecule has 0 fully saturated rings. The lowest BCUT2D eigenvalue weighted by Crippen LogP contribution is -2.02. The number of nitrogens with zero attached hydrogens (tertiary/aromatic N) is 2. The summed E-state index contributed by atoms with van der Waals surface area (Å²) in [6, 6.07) is 0. The van der Waals surface area contributed by atoms with E-state index in [1.54, 1.807) is 25.0 Å². The molecule has 26 heavy (non-hydrogen) atoms. The van der Waals surface area contributed by atoms with Crippen LogP contribution in [-0.2, 0) is 22.0 Å². The first-order valence-electron chi connectivity index (χ1n) is 6.78. The summed E-state index contributed by atoms with van der Waals surface area (Å²) >= 11 is 0. The maximum atomic E-state index is 8.88. The second-order valence-electron chi connectivity index (χ2n) is 4.26. The van der Waals surface area contributed by atoms with Gasteiger partial charge in [-0.1, -0.05) is 0 Å². The number of phosphoric acid groups is 2. The van der Waals surface area contributed by atoms with Gasteiger partial charge in [0.2, 0.25) is 0 Å². The van der Waals surface area contributed by atoms with Crippen molar-refractivity contribution in [2.24, 2.45) is 11.5 Å². The smallest absolute Gasteiger partial charge is 0.348 e. The average Bonchev–Trinajstić information content (AvgIpc) is 3.10. The number of aromatic amines is 2. The Balaban J connectivity index is 0. The molecule has 0 aliphatic carbocycles. The van der Waals surface area contributed by atoms with Crippen molar-refractivity contribution in [1.29, 1.82) is 0 Å². The van der Waals surface area contributed by atoms with Crippen molar-refractivity contribution in [2.75, 3.05) is 13.1 Å². The molecular formula is C10H24N6O8P2. The molecule has 0 saturated carbocycles. The molecule has 2 heterocycles. The SMILES string of the molecule is NCCc1cnc[nH]1.NCCc1cnc[nH]1.O=P(O)(O)O.O=P(O)(O)O. The van der Waals surface area contributed by atoms with Gasteiger partial charge in [-0.05, 0) is 13.1 Å². The second-order valence-corrected chi connectivity index (χ2v) is 6.31. The first kappa shape index (κ1) is 26.8. The highest BCUT2D eigenvalue weighted by molar-refractivity contribution is 7.45. The van der Waals surface area contributed by atoms with Crippen molar-refractivity contribution in [2.45, 2.75) is 12.8 Å². The van der Waals surface area contributed by atoms with E-state index in [4.69, 9.17) is 50.0 Å². The number of H-pyrrole nitrogens is 2. The molecule has 2 aromatic heterocycles. The van der Waals surface area contributed by atoms with Crippen molar-refractivity contribution >= 4 is 15.6 Å². The number of imidazole rings is 2. The summed E-state index contributed by atoms with van der Waals surface area (Å²) in [5, 5.41) is 0. The van der Waals surface area contributed by atoms with Gasteiger partial charge >= 0.3 is 15.6 Å². The van der Waals surface area contributed by atoms with Gasteiger partial charge in [-0.15, -0.1) is 0 Å². The summed E-state index contributed by atoms with van der Waals surface area (Å²) in [6.07, 6.45) is 8.66. The maximum absolute atomic E-state index is 8.88. The average molecular weight is 418 g/mol. The number of nitrogens with two attached hydrogens (primary N) is 2. The van der Waals surface area contributed by atoms with Crippen LogP contribution < -0.4 is 11.5 Å². The van der Waals surface area contributed by atoms with E-state index in [1.807, 2.05) is 0 Å². The molecule has 2 aromatic rings. The lowest BCUT2D eigenvalue weighted by molar-refractivity contribution is 0.272. The van der Waals surface area contributed by atoms with Crippen LogP contribution in [0.4, 0.5) is 0 Å². The Labute approximate surface area is 148 Å². The van der Waals surface area contributed by atoms with E-state index in [2.05, 4.69) is 19.9 Å². The van der Waals surface area contributed by atoms with Crippen LogP contribution in [0.15, 0.2) is 25.0 Å². The van der Waals surface area contributed by atoms with Gasteiger partial charge in [0.15, 0.2) is 0 Å². The van der Waals surface area contributed by atoms with Crippen molar-refractivity contribution < 1.29 is 38.5 Å². The third-order valence-corrected chi connectivity index (χ3v) is 1.94. The molecule has 152 valence electrons. The van der Waals surface area contributed by atoms with Crippen LogP contribution >= 0.6 is 15.6 Å². The van der Waals surface area contributed by atoms with E-state index in [0.717, 1.165) is 24.2 Å². The minimum atomic E-state index is -4.64. The quantitative estimate of drug-likeness (QED) is 0.241. The molecule has 0 radical (unpaired) electrons. The van der Waals surface area contributed by atoms with Gasteiger partial charge in [-0.25, -0.2) is 19.1 Å². The van der Waals surface area contributed by atoms with E-state index in [9.17, 15) is 0 Å². The molecule has 0 amide bonds. The minimum Gasteiger partial charge on any atom is -0.348 e. The fraction of sp³-hybridized carbons (Fsp3) is 0.400. The summed E-state index contributed by atoms with van der Waals surface area (Å²) < 4.78 is 17.8. The molecule has 0 unspecified atom stereocenters. The molecule has 0 saturated heterocycles. The standard InChI is InChI=1S/2C5H9N3.2H3O4P/c2*6-2-1-5-3-7-4-8-5;2*1-5(2,3)4/h2*3-4H,1-2,6H2,(H,7,8);2*(H3,1,2,3,4). The van der Waals surface area contributed by atoms with Gasteiger partial charge in [-0.2, -0.15) is 0 Å². The normalized spacial score (nSPS) is 10.5. The first-order valence-corrected chi connectivity index (χ1v) is 9.91. The highest BCUT2D eigenvalue weighted by atomic mass is 31.2. The lowest BCUT2D eigenvalue weighted by Gasteiger charge is -1.86. The van der Waals surface area contributed by atoms with E-state index in [1.165, 1.54) is 0 Å². The lowest BCUT2D eigenvalue weighted by atomic mass is 10.3. The fourth-order valence-electron chi connectivity index (χ4n) is 1.15. The molecule has 0 bridgehead atoms. The zero-order chi connectivity index (χ0) is 20.6. The van der Waals surface area contributed by atoms with Crippen molar-refractivity contribution in [3.05, 3.63) is 36.4 Å². The van der Waals surface area contributed by atoms with Crippen LogP contribution in [0.3, 0.4) is 0 Å². The van der Waals surface area contributed by atoms with E-state index in [-0.39, 0.29) is 0 Å². The number of aromatic nitrogens is 4. The first-order chi connectivity index (χ1) is 11.9. The Hall–Kier alpha value is -1.44. The highest BCUT2D eigenvalue weighted by Gasteiger charge is 2.00.